The molecule has 0 spiro atoms. The Hall–Kier alpha value is -1.57. The molecule has 16 heavy (non-hydrogen) atoms. The first kappa shape index (κ1) is 10.9. The molecule has 2 nitrogen and oxygen atoms in total. The molecule has 1 aromatic carbocycles. The summed E-state index contributed by atoms with van der Waals surface area (Å²) in [6.07, 6.45) is 5.47. The summed E-state index contributed by atoms with van der Waals surface area (Å²) < 4.78 is 0. The number of para-hydroxylation sites is 1. The summed E-state index contributed by atoms with van der Waals surface area (Å²) in [6.45, 7) is 1.92. The van der Waals surface area contributed by atoms with E-state index < -0.39 is 0 Å². The molecule has 0 bridgehead atoms. The largest absolute Gasteiger partial charge is 0.367 e. The average Bonchev–Trinajstić information content (AvgIpc) is 2.33. The molecule has 1 aliphatic heterocycles. The van der Waals surface area contributed by atoms with Gasteiger partial charge in [-0.25, -0.2) is 0 Å². The van der Waals surface area contributed by atoms with Gasteiger partial charge < -0.3 is 4.90 Å². The molecule has 1 aliphatic rings. The lowest BCUT2D eigenvalue weighted by molar-refractivity contribution is -0.118. The molecule has 0 fully saturated rings. The quantitative estimate of drug-likeness (QED) is 0.772. The van der Waals surface area contributed by atoms with Gasteiger partial charge in [0.1, 0.15) is 5.78 Å². The fourth-order valence-electron chi connectivity index (χ4n) is 2.05. The molecule has 1 unspecified atom stereocenters. The molecule has 84 valence electrons. The molecule has 1 atom stereocenters. The third kappa shape index (κ3) is 2.01. The number of anilines is 1. The van der Waals surface area contributed by atoms with Crippen molar-refractivity contribution in [3.8, 4) is 0 Å². The number of rotatable bonds is 3. The zero-order valence-corrected chi connectivity index (χ0v) is 9.81. The summed E-state index contributed by atoms with van der Waals surface area (Å²) in [5.41, 5.74) is 2.43. The van der Waals surface area contributed by atoms with Gasteiger partial charge in [0.05, 0.1) is 6.04 Å². The number of hydrogen-bond donors (Lipinski definition) is 0. The summed E-state index contributed by atoms with van der Waals surface area (Å²) in [7, 11) is 2.05. The lowest BCUT2D eigenvalue weighted by atomic mass is 9.99. The van der Waals surface area contributed by atoms with Crippen LogP contribution in [0.1, 0.15) is 25.3 Å². The van der Waals surface area contributed by atoms with E-state index in [1.54, 1.807) is 0 Å². The highest BCUT2D eigenvalue weighted by Crippen LogP contribution is 2.28. The Kier molecular flexibility index (Phi) is 3.09. The number of likely N-dealkylation sites (N-methyl/N-ethyl adjacent to an activating group) is 1. The van der Waals surface area contributed by atoms with Crippen molar-refractivity contribution in [3.63, 3.8) is 0 Å². The summed E-state index contributed by atoms with van der Waals surface area (Å²) >= 11 is 0. The molecule has 2 heteroatoms. The molecule has 2 rings (SSSR count). The van der Waals surface area contributed by atoms with Gasteiger partial charge in [-0.3, -0.25) is 4.79 Å². The molecule has 0 N–H and O–H groups in total. The van der Waals surface area contributed by atoms with E-state index in [0.29, 0.717) is 18.6 Å². The van der Waals surface area contributed by atoms with Crippen molar-refractivity contribution in [1.29, 1.82) is 0 Å². The molecule has 0 aromatic heterocycles. The summed E-state index contributed by atoms with van der Waals surface area (Å²) in [6, 6.07) is 8.48. The number of carbonyl (C=O) groups excluding carboxylic acids is 1. The van der Waals surface area contributed by atoms with E-state index in [1.807, 2.05) is 19.1 Å². The smallest absolute Gasteiger partial charge is 0.135 e. The van der Waals surface area contributed by atoms with Crippen molar-refractivity contribution in [2.24, 2.45) is 0 Å². The van der Waals surface area contributed by atoms with Gasteiger partial charge in [-0.2, -0.15) is 0 Å². The minimum atomic E-state index is 0.211. The normalized spacial score (nSPS) is 18.4. The monoisotopic (exact) mass is 215 g/mol. The Morgan fingerprint density at radius 1 is 1.38 bits per heavy atom. The van der Waals surface area contributed by atoms with Gasteiger partial charge in [0.25, 0.3) is 0 Å². The zero-order chi connectivity index (χ0) is 11.5. The number of nitrogens with zero attached hydrogens (tertiary/aromatic N) is 1. The van der Waals surface area contributed by atoms with Gasteiger partial charge in [-0.15, -0.1) is 0 Å². The summed E-state index contributed by atoms with van der Waals surface area (Å²) in [5.74, 6) is 0.320. The maximum Gasteiger partial charge on any atom is 0.135 e. The van der Waals surface area contributed by atoms with Gasteiger partial charge in [0, 0.05) is 25.6 Å². The highest BCUT2D eigenvalue weighted by Gasteiger charge is 2.20. The van der Waals surface area contributed by atoms with Crippen LogP contribution < -0.4 is 4.90 Å². The first-order chi connectivity index (χ1) is 7.72. The highest BCUT2D eigenvalue weighted by atomic mass is 16.1. The van der Waals surface area contributed by atoms with Crippen LogP contribution in [0.5, 0.6) is 0 Å². The van der Waals surface area contributed by atoms with Crippen molar-refractivity contribution in [2.75, 3.05) is 11.9 Å². The van der Waals surface area contributed by atoms with E-state index in [2.05, 4.69) is 36.2 Å². The van der Waals surface area contributed by atoms with Crippen LogP contribution in [0, 0.1) is 0 Å². The minimum absolute atomic E-state index is 0.211. The summed E-state index contributed by atoms with van der Waals surface area (Å²) in [5, 5.41) is 0. The van der Waals surface area contributed by atoms with Gasteiger partial charge in [-0.05, 0) is 11.6 Å². The first-order valence-corrected chi connectivity index (χ1v) is 5.74. The SMILES string of the molecule is CCC(=O)CC1C=Cc2ccccc2N1C. The van der Waals surface area contributed by atoms with Gasteiger partial charge in [0.2, 0.25) is 0 Å². The topological polar surface area (TPSA) is 20.3 Å². The second-order valence-corrected chi connectivity index (χ2v) is 4.19. The Morgan fingerprint density at radius 3 is 2.88 bits per heavy atom. The maximum absolute atomic E-state index is 11.5. The van der Waals surface area contributed by atoms with Crippen LogP contribution in [-0.4, -0.2) is 18.9 Å². The van der Waals surface area contributed by atoms with Crippen molar-refractivity contribution < 1.29 is 4.79 Å². The number of carbonyl (C=O) groups is 1. The van der Waals surface area contributed by atoms with Crippen molar-refractivity contribution in [1.82, 2.24) is 0 Å². The molecule has 1 heterocycles. The van der Waals surface area contributed by atoms with Crippen LogP contribution in [-0.2, 0) is 4.79 Å². The fraction of sp³-hybridized carbons (Fsp3) is 0.357. The van der Waals surface area contributed by atoms with Gasteiger partial charge in [-0.1, -0.05) is 37.3 Å². The number of ketones is 1. The lowest BCUT2D eigenvalue weighted by Crippen LogP contribution is -2.34. The second-order valence-electron chi connectivity index (χ2n) is 4.19. The van der Waals surface area contributed by atoms with E-state index >= 15 is 0 Å². The molecular formula is C14H17NO. The number of benzene rings is 1. The van der Waals surface area contributed by atoms with Crippen LogP contribution in [0.4, 0.5) is 5.69 Å². The van der Waals surface area contributed by atoms with Crippen LogP contribution in [0.25, 0.3) is 6.08 Å². The van der Waals surface area contributed by atoms with Gasteiger partial charge >= 0.3 is 0 Å². The third-order valence-corrected chi connectivity index (χ3v) is 3.14. The molecule has 0 radical (unpaired) electrons. The van der Waals surface area contributed by atoms with E-state index in [-0.39, 0.29) is 6.04 Å². The molecular weight excluding hydrogens is 198 g/mol. The Labute approximate surface area is 96.6 Å². The second kappa shape index (κ2) is 4.52. The zero-order valence-electron chi connectivity index (χ0n) is 9.81. The van der Waals surface area contributed by atoms with Crippen LogP contribution in [0.2, 0.25) is 0 Å². The van der Waals surface area contributed by atoms with Crippen molar-refractivity contribution in [2.45, 2.75) is 25.8 Å². The van der Waals surface area contributed by atoms with Crippen molar-refractivity contribution >= 4 is 17.5 Å². The summed E-state index contributed by atoms with van der Waals surface area (Å²) in [4.78, 5) is 13.7. The number of Topliss-reactive ketones (excluding diaryl/α,β-unsaturated/α-hetero) is 1. The Balaban J connectivity index is 2.21. The standard InChI is InChI=1S/C14H17NO/c1-3-13(16)10-12-9-8-11-6-4-5-7-14(11)15(12)2/h4-9,12H,3,10H2,1-2H3. The molecule has 0 saturated carbocycles. The molecule has 0 amide bonds. The first-order valence-electron chi connectivity index (χ1n) is 5.74. The minimum Gasteiger partial charge on any atom is -0.367 e. The third-order valence-electron chi connectivity index (χ3n) is 3.14. The van der Waals surface area contributed by atoms with Crippen molar-refractivity contribution in [3.05, 3.63) is 35.9 Å². The van der Waals surface area contributed by atoms with Crippen LogP contribution in [0.3, 0.4) is 0 Å². The van der Waals surface area contributed by atoms with E-state index in [1.165, 1.54) is 11.3 Å². The predicted molar refractivity (Wildman–Crippen MR) is 67.6 cm³/mol. The maximum atomic E-state index is 11.5. The number of fused-ring (bicyclic) bond motifs is 1. The van der Waals surface area contributed by atoms with E-state index in [9.17, 15) is 4.79 Å². The Bertz CT molecular complexity index is 422. The molecule has 0 saturated heterocycles. The molecule has 1 aromatic rings. The van der Waals surface area contributed by atoms with E-state index in [0.717, 1.165) is 0 Å². The van der Waals surface area contributed by atoms with Gasteiger partial charge in [0.15, 0.2) is 0 Å². The Morgan fingerprint density at radius 2 is 2.12 bits per heavy atom. The fourth-order valence-corrected chi connectivity index (χ4v) is 2.05. The lowest BCUT2D eigenvalue weighted by Gasteiger charge is -2.31. The molecule has 0 aliphatic carbocycles. The average molecular weight is 215 g/mol. The number of hydrogen-bond acceptors (Lipinski definition) is 2. The van der Waals surface area contributed by atoms with Crippen LogP contribution in [0.15, 0.2) is 30.3 Å². The highest BCUT2D eigenvalue weighted by molar-refractivity contribution is 5.81. The predicted octanol–water partition coefficient (Wildman–Crippen LogP) is 2.89. The van der Waals surface area contributed by atoms with Crippen LogP contribution >= 0.6 is 0 Å². The van der Waals surface area contributed by atoms with E-state index in [4.69, 9.17) is 0 Å².